The van der Waals surface area contributed by atoms with Crippen molar-refractivity contribution in [3.63, 3.8) is 0 Å². The molecule has 0 saturated carbocycles. The van der Waals surface area contributed by atoms with E-state index in [4.69, 9.17) is 4.74 Å². The third-order valence-electron chi connectivity index (χ3n) is 6.80. The van der Waals surface area contributed by atoms with Gasteiger partial charge in [-0.25, -0.2) is 0 Å². The van der Waals surface area contributed by atoms with Crippen LogP contribution in [0.3, 0.4) is 0 Å². The van der Waals surface area contributed by atoms with Gasteiger partial charge in [0.05, 0.1) is 29.2 Å². The molecule has 34 heavy (non-hydrogen) atoms. The molecule has 162 valence electrons. The normalized spacial score (nSPS) is 11.7. The highest BCUT2D eigenvalue weighted by atomic mass is 16.5. The molecule has 2 heterocycles. The van der Waals surface area contributed by atoms with Gasteiger partial charge in [-0.1, -0.05) is 66.7 Å². The molecule has 0 aliphatic carbocycles. The summed E-state index contributed by atoms with van der Waals surface area (Å²) in [6.07, 6.45) is 0. The molecule has 0 N–H and O–H groups in total. The van der Waals surface area contributed by atoms with Gasteiger partial charge in [0.25, 0.3) is 0 Å². The smallest absolute Gasteiger partial charge is 0.119 e. The number of ether oxygens (including phenoxy) is 1. The predicted molar refractivity (Wildman–Crippen MR) is 142 cm³/mol. The number of rotatable bonds is 3. The lowest BCUT2D eigenvalue weighted by atomic mass is 10.1. The van der Waals surface area contributed by atoms with Gasteiger partial charge in [-0.05, 0) is 48.5 Å². The van der Waals surface area contributed by atoms with Crippen LogP contribution < -0.4 is 4.74 Å². The van der Waals surface area contributed by atoms with Gasteiger partial charge in [0.15, 0.2) is 0 Å². The van der Waals surface area contributed by atoms with E-state index in [-0.39, 0.29) is 0 Å². The molecule has 3 nitrogen and oxygen atoms in total. The lowest BCUT2D eigenvalue weighted by Crippen LogP contribution is -1.98. The fraction of sp³-hybridized carbons (Fsp3) is 0.0323. The minimum absolute atomic E-state index is 0.864. The van der Waals surface area contributed by atoms with Crippen molar-refractivity contribution in [2.75, 3.05) is 7.11 Å². The Morgan fingerprint density at radius 2 is 1.00 bits per heavy atom. The highest BCUT2D eigenvalue weighted by Crippen LogP contribution is 2.42. The average molecular weight is 439 g/mol. The first-order valence-corrected chi connectivity index (χ1v) is 11.5. The van der Waals surface area contributed by atoms with Gasteiger partial charge in [0, 0.05) is 32.9 Å². The number of benzene rings is 5. The molecule has 7 aromatic rings. The summed E-state index contributed by atoms with van der Waals surface area (Å²) in [4.78, 5) is 0. The van der Waals surface area contributed by atoms with E-state index in [0.717, 1.165) is 17.1 Å². The molecular formula is C31H22N2O. The van der Waals surface area contributed by atoms with Gasteiger partial charge >= 0.3 is 0 Å². The Kier molecular flexibility index (Phi) is 4.06. The van der Waals surface area contributed by atoms with Gasteiger partial charge in [-0.3, -0.25) is 0 Å². The molecular weight excluding hydrogens is 416 g/mol. The van der Waals surface area contributed by atoms with Crippen molar-refractivity contribution < 1.29 is 4.74 Å². The number of hydrogen-bond acceptors (Lipinski definition) is 1. The molecule has 7 rings (SSSR count). The quantitative estimate of drug-likeness (QED) is 0.274. The number of fused-ring (bicyclic) bond motifs is 7. The van der Waals surface area contributed by atoms with E-state index in [0.29, 0.717) is 0 Å². The molecule has 3 heteroatoms. The van der Waals surface area contributed by atoms with E-state index >= 15 is 0 Å². The van der Waals surface area contributed by atoms with E-state index < -0.39 is 0 Å². The van der Waals surface area contributed by atoms with Gasteiger partial charge < -0.3 is 13.9 Å². The molecule has 2 aromatic heterocycles. The highest BCUT2D eigenvalue weighted by Gasteiger charge is 2.21. The van der Waals surface area contributed by atoms with Crippen LogP contribution in [0.25, 0.3) is 55.0 Å². The highest BCUT2D eigenvalue weighted by molar-refractivity contribution is 6.23. The summed E-state index contributed by atoms with van der Waals surface area (Å²) in [6, 6.07) is 40.9. The molecule has 0 saturated heterocycles. The summed E-state index contributed by atoms with van der Waals surface area (Å²) >= 11 is 0. The Balaban J connectivity index is 1.78. The van der Waals surface area contributed by atoms with E-state index in [1.165, 1.54) is 43.6 Å². The third kappa shape index (κ3) is 2.58. The van der Waals surface area contributed by atoms with Crippen LogP contribution in [0.1, 0.15) is 0 Å². The van der Waals surface area contributed by atoms with Crippen molar-refractivity contribution in [2.45, 2.75) is 0 Å². The van der Waals surface area contributed by atoms with Crippen molar-refractivity contribution in [1.29, 1.82) is 0 Å². The largest absolute Gasteiger partial charge is 0.497 e. The van der Waals surface area contributed by atoms with Gasteiger partial charge in [0.1, 0.15) is 5.75 Å². The van der Waals surface area contributed by atoms with Gasteiger partial charge in [-0.2, -0.15) is 0 Å². The van der Waals surface area contributed by atoms with Crippen LogP contribution in [0.2, 0.25) is 0 Å². The molecule has 0 aliphatic heterocycles. The maximum absolute atomic E-state index is 5.60. The molecule has 0 unspecified atom stereocenters. The molecule has 5 aromatic carbocycles. The van der Waals surface area contributed by atoms with Crippen LogP contribution in [0.4, 0.5) is 0 Å². The van der Waals surface area contributed by atoms with Crippen molar-refractivity contribution >= 4 is 43.6 Å². The lowest BCUT2D eigenvalue weighted by molar-refractivity contribution is 0.415. The number of nitrogens with zero attached hydrogens (tertiary/aromatic N) is 2. The van der Waals surface area contributed by atoms with Crippen molar-refractivity contribution in [3.8, 4) is 17.1 Å². The van der Waals surface area contributed by atoms with Crippen LogP contribution in [-0.2, 0) is 0 Å². The standard InChI is InChI=1S/C31H22N2O/c1-34-23-16-19-29-27(20-23)26-18-17-25-24-14-8-9-15-28(24)32(21-10-4-2-5-11-21)30(25)31(26)33(29)22-12-6-3-7-13-22/h2-20H,1H3. The van der Waals surface area contributed by atoms with E-state index in [1.807, 2.05) is 6.07 Å². The summed E-state index contributed by atoms with van der Waals surface area (Å²) in [7, 11) is 1.73. The second-order valence-electron chi connectivity index (χ2n) is 8.60. The zero-order valence-corrected chi connectivity index (χ0v) is 18.8. The van der Waals surface area contributed by atoms with Crippen LogP contribution in [0, 0.1) is 0 Å². The third-order valence-corrected chi connectivity index (χ3v) is 6.80. The van der Waals surface area contributed by atoms with Crippen molar-refractivity contribution in [2.24, 2.45) is 0 Å². The zero-order valence-electron chi connectivity index (χ0n) is 18.8. The van der Waals surface area contributed by atoms with Crippen molar-refractivity contribution in [1.82, 2.24) is 9.13 Å². The number of para-hydroxylation sites is 3. The average Bonchev–Trinajstić information content (AvgIpc) is 3.42. The fourth-order valence-corrected chi connectivity index (χ4v) is 5.35. The summed E-state index contributed by atoms with van der Waals surface area (Å²) < 4.78 is 10.4. The minimum atomic E-state index is 0.864. The van der Waals surface area contributed by atoms with Gasteiger partial charge in [0.2, 0.25) is 0 Å². The molecule has 0 fully saturated rings. The number of hydrogen-bond donors (Lipinski definition) is 0. The number of methoxy groups -OCH3 is 1. The minimum Gasteiger partial charge on any atom is -0.497 e. The van der Waals surface area contributed by atoms with Crippen LogP contribution >= 0.6 is 0 Å². The molecule has 0 spiro atoms. The SMILES string of the molecule is COc1ccc2c(c1)c1ccc3c4ccccc4n(-c4ccccc4)c3c1n2-c1ccccc1. The summed E-state index contributed by atoms with van der Waals surface area (Å²) in [5, 5.41) is 4.90. The Labute approximate surface area is 197 Å². The van der Waals surface area contributed by atoms with E-state index in [9.17, 15) is 0 Å². The van der Waals surface area contributed by atoms with Crippen LogP contribution in [0.5, 0.6) is 5.75 Å². The van der Waals surface area contributed by atoms with E-state index in [1.54, 1.807) is 7.11 Å². The molecule has 0 bridgehead atoms. The molecule has 0 aliphatic rings. The molecule has 0 amide bonds. The zero-order chi connectivity index (χ0) is 22.6. The number of aromatic nitrogens is 2. The first-order valence-electron chi connectivity index (χ1n) is 11.5. The molecule has 0 atom stereocenters. The fourth-order valence-electron chi connectivity index (χ4n) is 5.35. The van der Waals surface area contributed by atoms with E-state index in [2.05, 4.69) is 118 Å². The predicted octanol–water partition coefficient (Wildman–Crippen LogP) is 7.89. The Morgan fingerprint density at radius 3 is 1.62 bits per heavy atom. The first kappa shape index (κ1) is 19.0. The Morgan fingerprint density at radius 1 is 0.471 bits per heavy atom. The Bertz CT molecular complexity index is 1830. The monoisotopic (exact) mass is 438 g/mol. The molecule has 0 radical (unpaired) electrons. The Hall–Kier alpha value is -4.50. The van der Waals surface area contributed by atoms with Crippen LogP contribution in [0.15, 0.2) is 115 Å². The first-order chi connectivity index (χ1) is 16.8. The van der Waals surface area contributed by atoms with Gasteiger partial charge in [-0.15, -0.1) is 0 Å². The second kappa shape index (κ2) is 7.26. The maximum atomic E-state index is 5.60. The van der Waals surface area contributed by atoms with Crippen LogP contribution in [-0.4, -0.2) is 16.2 Å². The maximum Gasteiger partial charge on any atom is 0.119 e. The topological polar surface area (TPSA) is 19.1 Å². The summed E-state index contributed by atoms with van der Waals surface area (Å²) in [6.45, 7) is 0. The summed E-state index contributed by atoms with van der Waals surface area (Å²) in [5.74, 6) is 0.864. The van der Waals surface area contributed by atoms with Crippen molar-refractivity contribution in [3.05, 3.63) is 115 Å². The second-order valence-corrected chi connectivity index (χ2v) is 8.60. The lowest BCUT2D eigenvalue weighted by Gasteiger charge is -2.12. The summed E-state index contributed by atoms with van der Waals surface area (Å²) in [5.41, 5.74) is 7.09.